The van der Waals surface area contributed by atoms with E-state index in [2.05, 4.69) is 20.8 Å². The first kappa shape index (κ1) is 22.3. The number of carbonyl (C=O) groups excluding carboxylic acids is 2. The van der Waals surface area contributed by atoms with Crippen LogP contribution in [0.3, 0.4) is 0 Å². The number of aromatic nitrogens is 2. The zero-order valence-electron chi connectivity index (χ0n) is 17.5. The van der Waals surface area contributed by atoms with Crippen molar-refractivity contribution >= 4 is 45.8 Å². The molecule has 0 aliphatic carbocycles. The third kappa shape index (κ3) is 5.04. The Morgan fingerprint density at radius 2 is 1.87 bits per heavy atom. The maximum absolute atomic E-state index is 12.4. The van der Waals surface area contributed by atoms with Gasteiger partial charge >= 0.3 is 0 Å². The van der Waals surface area contributed by atoms with E-state index in [1.165, 1.54) is 12.0 Å². The summed E-state index contributed by atoms with van der Waals surface area (Å²) in [6.07, 6.45) is 0. The van der Waals surface area contributed by atoms with Crippen molar-refractivity contribution in [3.05, 3.63) is 45.0 Å². The number of anilines is 2. The summed E-state index contributed by atoms with van der Waals surface area (Å²) in [4.78, 5) is 38.5. The summed E-state index contributed by atoms with van der Waals surface area (Å²) in [5.41, 5.74) is 0.552. The van der Waals surface area contributed by atoms with Gasteiger partial charge in [0, 0.05) is 5.02 Å². The second-order valence-electron chi connectivity index (χ2n) is 6.99. The summed E-state index contributed by atoms with van der Waals surface area (Å²) in [6.45, 7) is 3.24. The van der Waals surface area contributed by atoms with Crippen LogP contribution in [0.4, 0.5) is 11.6 Å². The van der Waals surface area contributed by atoms with Crippen LogP contribution in [0.15, 0.2) is 27.4 Å². The lowest BCUT2D eigenvalue weighted by Crippen LogP contribution is -2.36. The zero-order chi connectivity index (χ0) is 22.7. The maximum Gasteiger partial charge on any atom is 0.277 e. The third-order valence-corrected chi connectivity index (χ3v) is 4.75. The van der Waals surface area contributed by atoms with Crippen LogP contribution in [-0.4, -0.2) is 54.2 Å². The number of carbonyl (C=O) groups is 2. The number of nitrogens with one attached hydrogen (secondary N) is 3. The van der Waals surface area contributed by atoms with Gasteiger partial charge in [-0.25, -0.2) is 5.10 Å². The minimum Gasteiger partial charge on any atom is -0.495 e. The van der Waals surface area contributed by atoms with E-state index in [0.29, 0.717) is 33.3 Å². The number of aryl methyl sites for hydroxylation is 2. The Hall–Kier alpha value is -3.37. The fourth-order valence-corrected chi connectivity index (χ4v) is 3.38. The molecule has 0 aliphatic rings. The number of halogens is 1. The van der Waals surface area contributed by atoms with Crippen LogP contribution in [0.1, 0.15) is 11.5 Å². The van der Waals surface area contributed by atoms with Crippen molar-refractivity contribution in [3.63, 3.8) is 0 Å². The van der Waals surface area contributed by atoms with Gasteiger partial charge in [-0.1, -0.05) is 11.6 Å². The average Bonchev–Trinajstić information content (AvgIpc) is 3.01. The smallest absolute Gasteiger partial charge is 0.277 e. The van der Waals surface area contributed by atoms with Gasteiger partial charge in [-0.15, -0.1) is 0 Å². The molecule has 0 atom stereocenters. The molecule has 0 unspecified atom stereocenters. The molecule has 0 radical (unpaired) electrons. The van der Waals surface area contributed by atoms with Crippen molar-refractivity contribution in [2.45, 2.75) is 13.8 Å². The van der Waals surface area contributed by atoms with Crippen molar-refractivity contribution in [1.82, 2.24) is 15.1 Å². The number of methoxy groups -OCH3 is 1. The number of aromatic amines is 1. The molecule has 2 amide bonds. The first-order valence-electron chi connectivity index (χ1n) is 9.29. The molecule has 0 saturated carbocycles. The Labute approximate surface area is 182 Å². The second-order valence-corrected chi connectivity index (χ2v) is 7.43. The van der Waals surface area contributed by atoms with Gasteiger partial charge in [0.05, 0.1) is 37.0 Å². The molecular weight excluding hydrogens is 426 g/mol. The van der Waals surface area contributed by atoms with Crippen LogP contribution in [0.2, 0.25) is 5.02 Å². The Balaban J connectivity index is 1.63. The minimum absolute atomic E-state index is 0.0470. The van der Waals surface area contributed by atoms with Gasteiger partial charge < -0.3 is 14.5 Å². The second kappa shape index (κ2) is 9.19. The number of ether oxygens (including phenoxy) is 1. The predicted octanol–water partition coefficient (Wildman–Crippen LogP) is 2.30. The number of fused-ring (bicyclic) bond motifs is 1. The molecule has 1 aromatic carbocycles. The van der Waals surface area contributed by atoms with Gasteiger partial charge in [0.1, 0.15) is 16.9 Å². The van der Waals surface area contributed by atoms with Crippen molar-refractivity contribution in [2.24, 2.45) is 0 Å². The van der Waals surface area contributed by atoms with E-state index in [9.17, 15) is 14.4 Å². The highest BCUT2D eigenvalue weighted by atomic mass is 35.5. The molecule has 0 spiro atoms. The molecule has 3 N–H and O–H groups in total. The van der Waals surface area contributed by atoms with Crippen LogP contribution >= 0.6 is 11.6 Å². The first-order chi connectivity index (χ1) is 14.7. The van der Waals surface area contributed by atoms with Gasteiger partial charge in [0.2, 0.25) is 17.7 Å². The van der Waals surface area contributed by atoms with Crippen molar-refractivity contribution in [2.75, 3.05) is 37.9 Å². The standard InChI is InChI=1S/C20H22ClN5O5/c1-10-17-11(2)31-20(18(17)19(29)25-24-10)23-16(28)9-26(3)8-15(27)22-13-7-12(21)5-6-14(13)30-4/h5-7H,8-9H2,1-4H3,(H,22,27)(H,23,28)(H,25,29). The molecule has 0 bridgehead atoms. The fourth-order valence-electron chi connectivity index (χ4n) is 3.21. The predicted molar refractivity (Wildman–Crippen MR) is 117 cm³/mol. The third-order valence-electron chi connectivity index (χ3n) is 4.51. The van der Waals surface area contributed by atoms with E-state index in [0.717, 1.165) is 0 Å². The zero-order valence-corrected chi connectivity index (χ0v) is 18.2. The summed E-state index contributed by atoms with van der Waals surface area (Å²) in [5, 5.41) is 12.8. The number of benzene rings is 1. The highest BCUT2D eigenvalue weighted by molar-refractivity contribution is 6.31. The summed E-state index contributed by atoms with van der Waals surface area (Å²) >= 11 is 5.97. The van der Waals surface area contributed by atoms with E-state index in [4.69, 9.17) is 20.8 Å². The lowest BCUT2D eigenvalue weighted by molar-refractivity contribution is -0.119. The quantitative estimate of drug-likeness (QED) is 0.506. The highest BCUT2D eigenvalue weighted by Crippen LogP contribution is 2.29. The minimum atomic E-state index is -0.462. The van der Waals surface area contributed by atoms with Crippen molar-refractivity contribution < 1.29 is 18.7 Å². The van der Waals surface area contributed by atoms with Crippen LogP contribution < -0.4 is 20.9 Å². The Kier molecular flexibility index (Phi) is 6.62. The van der Waals surface area contributed by atoms with Crippen LogP contribution in [0, 0.1) is 13.8 Å². The molecule has 10 nitrogen and oxygen atoms in total. The van der Waals surface area contributed by atoms with E-state index in [1.807, 2.05) is 0 Å². The van der Waals surface area contributed by atoms with Gasteiger partial charge in [0.15, 0.2) is 0 Å². The van der Waals surface area contributed by atoms with E-state index >= 15 is 0 Å². The molecule has 3 rings (SSSR count). The Bertz CT molecular complexity index is 1200. The molecule has 164 valence electrons. The number of nitrogens with zero attached hydrogens (tertiary/aromatic N) is 2. The average molecular weight is 448 g/mol. The van der Waals surface area contributed by atoms with Gasteiger partial charge in [0.25, 0.3) is 5.56 Å². The summed E-state index contributed by atoms with van der Waals surface area (Å²) in [7, 11) is 3.10. The summed E-state index contributed by atoms with van der Waals surface area (Å²) < 4.78 is 10.8. The van der Waals surface area contributed by atoms with Crippen molar-refractivity contribution in [1.29, 1.82) is 0 Å². The van der Waals surface area contributed by atoms with E-state index < -0.39 is 11.5 Å². The Morgan fingerprint density at radius 3 is 2.55 bits per heavy atom. The largest absolute Gasteiger partial charge is 0.495 e. The van der Waals surface area contributed by atoms with Crippen molar-refractivity contribution in [3.8, 4) is 5.75 Å². The number of amides is 2. The number of hydrogen-bond donors (Lipinski definition) is 3. The molecular formula is C20H22ClN5O5. The maximum atomic E-state index is 12.4. The van der Waals surface area contributed by atoms with Crippen LogP contribution in [0.25, 0.3) is 10.8 Å². The molecule has 2 heterocycles. The Morgan fingerprint density at radius 1 is 1.19 bits per heavy atom. The number of furan rings is 1. The monoisotopic (exact) mass is 447 g/mol. The summed E-state index contributed by atoms with van der Waals surface area (Å²) in [5.74, 6) is 0.192. The normalized spacial score (nSPS) is 11.0. The molecule has 0 fully saturated rings. The van der Waals surface area contributed by atoms with Crippen LogP contribution in [0.5, 0.6) is 5.75 Å². The van der Waals surface area contributed by atoms with Gasteiger partial charge in [-0.05, 0) is 39.1 Å². The number of rotatable bonds is 7. The molecule has 11 heteroatoms. The molecule has 0 aliphatic heterocycles. The number of likely N-dealkylation sites (N-methyl/N-ethyl adjacent to an activating group) is 1. The van der Waals surface area contributed by atoms with Gasteiger partial charge in [-0.3, -0.25) is 24.6 Å². The lowest BCUT2D eigenvalue weighted by Gasteiger charge is -2.16. The topological polar surface area (TPSA) is 130 Å². The highest BCUT2D eigenvalue weighted by Gasteiger charge is 2.20. The molecule has 31 heavy (non-hydrogen) atoms. The number of hydrogen-bond acceptors (Lipinski definition) is 7. The first-order valence-corrected chi connectivity index (χ1v) is 9.67. The fraction of sp³-hybridized carbons (Fsp3) is 0.300. The lowest BCUT2D eigenvalue weighted by atomic mass is 10.2. The van der Waals surface area contributed by atoms with E-state index in [1.54, 1.807) is 39.1 Å². The molecule has 3 aromatic rings. The SMILES string of the molecule is COc1ccc(Cl)cc1NC(=O)CN(C)CC(=O)Nc1oc(C)c2c(C)n[nH]c(=O)c12. The van der Waals surface area contributed by atoms with E-state index in [-0.39, 0.29) is 30.3 Å². The molecule has 0 saturated heterocycles. The molecule has 2 aromatic heterocycles. The van der Waals surface area contributed by atoms with Gasteiger partial charge in [-0.2, -0.15) is 5.10 Å². The number of H-pyrrole nitrogens is 1. The van der Waals surface area contributed by atoms with Crippen LogP contribution in [-0.2, 0) is 9.59 Å². The summed E-state index contributed by atoms with van der Waals surface area (Å²) in [6, 6.07) is 4.86.